The predicted molar refractivity (Wildman–Crippen MR) is 61.9 cm³/mol. The van der Waals surface area contributed by atoms with Gasteiger partial charge in [0.1, 0.15) is 5.52 Å². The molecule has 3 nitrogen and oxygen atoms in total. The Morgan fingerprint density at radius 2 is 2.20 bits per heavy atom. The van der Waals surface area contributed by atoms with E-state index in [9.17, 15) is 0 Å². The Kier molecular flexibility index (Phi) is 1.82. The molecule has 0 atom stereocenters. The number of aromatic nitrogens is 3. The maximum atomic E-state index is 4.34. The van der Waals surface area contributed by atoms with Crippen LogP contribution in [0.1, 0.15) is 4.88 Å². The van der Waals surface area contributed by atoms with Crippen LogP contribution in [0.3, 0.4) is 0 Å². The Labute approximate surface area is 90.8 Å². The van der Waals surface area contributed by atoms with Gasteiger partial charge in [-0.25, -0.2) is 0 Å². The number of H-pyrrole nitrogens is 1. The summed E-state index contributed by atoms with van der Waals surface area (Å²) in [5.74, 6) is 0. The Bertz CT molecular complexity index is 609. The summed E-state index contributed by atoms with van der Waals surface area (Å²) in [6.07, 6.45) is 3.63. The topological polar surface area (TPSA) is 41.6 Å². The number of aromatic amines is 1. The molecule has 0 radical (unpaired) electrons. The molecule has 74 valence electrons. The molecule has 0 unspecified atom stereocenters. The van der Waals surface area contributed by atoms with Gasteiger partial charge in [0.25, 0.3) is 0 Å². The van der Waals surface area contributed by atoms with Crippen LogP contribution in [0.5, 0.6) is 0 Å². The zero-order chi connectivity index (χ0) is 10.3. The van der Waals surface area contributed by atoms with Crippen LogP contribution in [-0.2, 0) is 0 Å². The van der Waals surface area contributed by atoms with Gasteiger partial charge in [0.15, 0.2) is 0 Å². The molecule has 0 fully saturated rings. The van der Waals surface area contributed by atoms with E-state index in [0.717, 1.165) is 16.6 Å². The van der Waals surface area contributed by atoms with Crippen molar-refractivity contribution in [3.8, 4) is 10.4 Å². The normalized spacial score (nSPS) is 11.0. The summed E-state index contributed by atoms with van der Waals surface area (Å²) in [6.45, 7) is 2.11. The second-order valence-electron chi connectivity index (χ2n) is 3.44. The van der Waals surface area contributed by atoms with E-state index in [1.165, 1.54) is 9.75 Å². The lowest BCUT2D eigenvalue weighted by Gasteiger charge is -1.95. The molecular formula is C11H9N3S. The van der Waals surface area contributed by atoms with E-state index in [-0.39, 0.29) is 0 Å². The standard InChI is InChI=1S/C11H9N3S/c1-7-2-3-11(15-7)8-4-9-10(12-5-8)6-13-14-9/h2-6H,1H3,(H,13,14). The number of nitrogens with zero attached hydrogens (tertiary/aromatic N) is 2. The highest BCUT2D eigenvalue weighted by Crippen LogP contribution is 2.28. The minimum Gasteiger partial charge on any atom is -0.276 e. The third-order valence-electron chi connectivity index (χ3n) is 2.32. The molecule has 15 heavy (non-hydrogen) atoms. The maximum Gasteiger partial charge on any atom is 0.108 e. The van der Waals surface area contributed by atoms with Crippen molar-refractivity contribution in [2.75, 3.05) is 0 Å². The van der Waals surface area contributed by atoms with Crippen molar-refractivity contribution in [1.29, 1.82) is 0 Å². The van der Waals surface area contributed by atoms with E-state index in [1.807, 2.05) is 6.20 Å². The number of thiophene rings is 1. The van der Waals surface area contributed by atoms with Gasteiger partial charge in [0, 0.05) is 21.5 Å². The van der Waals surface area contributed by atoms with Crippen molar-refractivity contribution in [2.24, 2.45) is 0 Å². The third-order valence-corrected chi connectivity index (χ3v) is 3.36. The lowest BCUT2D eigenvalue weighted by molar-refractivity contribution is 1.12. The SMILES string of the molecule is Cc1ccc(-c2cnc3cn[nH]c3c2)s1. The Morgan fingerprint density at radius 1 is 1.27 bits per heavy atom. The number of aryl methyl sites for hydroxylation is 1. The molecule has 0 amide bonds. The average Bonchev–Trinajstić information content (AvgIpc) is 2.84. The minimum atomic E-state index is 0.909. The van der Waals surface area contributed by atoms with Crippen LogP contribution in [0.15, 0.2) is 30.6 Å². The van der Waals surface area contributed by atoms with Gasteiger partial charge < -0.3 is 0 Å². The van der Waals surface area contributed by atoms with Crippen molar-refractivity contribution >= 4 is 22.4 Å². The summed E-state index contributed by atoms with van der Waals surface area (Å²) in [5, 5.41) is 6.89. The van der Waals surface area contributed by atoms with Gasteiger partial charge in [0.2, 0.25) is 0 Å². The van der Waals surface area contributed by atoms with Crippen molar-refractivity contribution in [2.45, 2.75) is 6.92 Å². The van der Waals surface area contributed by atoms with E-state index in [0.29, 0.717) is 0 Å². The molecule has 0 aliphatic heterocycles. The zero-order valence-corrected chi connectivity index (χ0v) is 9.01. The third kappa shape index (κ3) is 1.43. The lowest BCUT2D eigenvalue weighted by atomic mass is 10.2. The molecule has 0 aromatic carbocycles. The van der Waals surface area contributed by atoms with Crippen LogP contribution in [0.2, 0.25) is 0 Å². The van der Waals surface area contributed by atoms with E-state index in [4.69, 9.17) is 0 Å². The molecular weight excluding hydrogens is 206 g/mol. The largest absolute Gasteiger partial charge is 0.276 e. The maximum absolute atomic E-state index is 4.34. The molecule has 3 aromatic heterocycles. The molecule has 4 heteroatoms. The summed E-state index contributed by atoms with van der Waals surface area (Å²) in [7, 11) is 0. The second-order valence-corrected chi connectivity index (χ2v) is 4.72. The number of fused-ring (bicyclic) bond motifs is 1. The summed E-state index contributed by atoms with van der Waals surface area (Å²) in [6, 6.07) is 6.33. The van der Waals surface area contributed by atoms with E-state index < -0.39 is 0 Å². The van der Waals surface area contributed by atoms with E-state index in [1.54, 1.807) is 17.5 Å². The van der Waals surface area contributed by atoms with Gasteiger partial charge in [-0.15, -0.1) is 11.3 Å². The van der Waals surface area contributed by atoms with Crippen molar-refractivity contribution in [3.05, 3.63) is 35.5 Å². The van der Waals surface area contributed by atoms with Crippen LogP contribution in [0.25, 0.3) is 21.5 Å². The first kappa shape index (κ1) is 8.61. The van der Waals surface area contributed by atoms with Crippen LogP contribution in [-0.4, -0.2) is 15.2 Å². The van der Waals surface area contributed by atoms with Gasteiger partial charge >= 0.3 is 0 Å². The smallest absolute Gasteiger partial charge is 0.108 e. The predicted octanol–water partition coefficient (Wildman–Crippen LogP) is 2.99. The number of pyridine rings is 1. The number of rotatable bonds is 1. The Morgan fingerprint density at radius 3 is 3.00 bits per heavy atom. The summed E-state index contributed by atoms with van der Waals surface area (Å²) < 4.78 is 0. The Balaban J connectivity index is 2.18. The van der Waals surface area contributed by atoms with Gasteiger partial charge in [-0.05, 0) is 25.1 Å². The van der Waals surface area contributed by atoms with Gasteiger partial charge in [0.05, 0.1) is 11.7 Å². The van der Waals surface area contributed by atoms with Crippen LogP contribution < -0.4 is 0 Å². The van der Waals surface area contributed by atoms with Crippen molar-refractivity contribution in [3.63, 3.8) is 0 Å². The first-order chi connectivity index (χ1) is 7.33. The monoisotopic (exact) mass is 215 g/mol. The lowest BCUT2D eigenvalue weighted by Crippen LogP contribution is -1.77. The van der Waals surface area contributed by atoms with Crippen LogP contribution >= 0.6 is 11.3 Å². The molecule has 3 aromatic rings. The number of nitrogens with one attached hydrogen (secondary N) is 1. The highest BCUT2D eigenvalue weighted by molar-refractivity contribution is 7.15. The molecule has 3 heterocycles. The average molecular weight is 215 g/mol. The summed E-state index contributed by atoms with van der Waals surface area (Å²) in [4.78, 5) is 6.90. The molecule has 0 aliphatic carbocycles. The molecule has 0 bridgehead atoms. The fourth-order valence-electron chi connectivity index (χ4n) is 1.56. The van der Waals surface area contributed by atoms with Gasteiger partial charge in [-0.1, -0.05) is 0 Å². The molecule has 3 rings (SSSR count). The highest BCUT2D eigenvalue weighted by Gasteiger charge is 2.03. The Hall–Kier alpha value is -1.68. The number of hydrogen-bond acceptors (Lipinski definition) is 3. The highest BCUT2D eigenvalue weighted by atomic mass is 32.1. The van der Waals surface area contributed by atoms with Gasteiger partial charge in [-0.2, -0.15) is 5.10 Å². The summed E-state index contributed by atoms with van der Waals surface area (Å²) in [5.41, 5.74) is 3.04. The van der Waals surface area contributed by atoms with E-state index >= 15 is 0 Å². The van der Waals surface area contributed by atoms with Crippen molar-refractivity contribution in [1.82, 2.24) is 15.2 Å². The molecule has 0 saturated heterocycles. The molecule has 0 spiro atoms. The fraction of sp³-hybridized carbons (Fsp3) is 0.0909. The molecule has 1 N–H and O–H groups in total. The van der Waals surface area contributed by atoms with Crippen molar-refractivity contribution < 1.29 is 0 Å². The number of hydrogen-bond donors (Lipinski definition) is 1. The summed E-state index contributed by atoms with van der Waals surface area (Å²) >= 11 is 1.78. The van der Waals surface area contributed by atoms with Crippen LogP contribution in [0, 0.1) is 6.92 Å². The minimum absolute atomic E-state index is 0.909. The van der Waals surface area contributed by atoms with Gasteiger partial charge in [-0.3, -0.25) is 10.1 Å². The quantitative estimate of drug-likeness (QED) is 0.678. The first-order valence-corrected chi connectivity index (χ1v) is 5.50. The van der Waals surface area contributed by atoms with E-state index in [2.05, 4.69) is 40.3 Å². The molecule has 0 aliphatic rings. The zero-order valence-electron chi connectivity index (χ0n) is 8.19. The second kappa shape index (κ2) is 3.17. The molecule has 0 saturated carbocycles. The fourth-order valence-corrected chi connectivity index (χ4v) is 2.40. The first-order valence-electron chi connectivity index (χ1n) is 4.69. The van der Waals surface area contributed by atoms with Crippen LogP contribution in [0.4, 0.5) is 0 Å².